The van der Waals surface area contributed by atoms with E-state index in [4.69, 9.17) is 4.74 Å². The van der Waals surface area contributed by atoms with Crippen LogP contribution in [-0.2, 0) is 14.4 Å². The summed E-state index contributed by atoms with van der Waals surface area (Å²) in [5.41, 5.74) is -1.77. The van der Waals surface area contributed by atoms with Crippen molar-refractivity contribution in [3.8, 4) is 5.75 Å². The molecule has 0 spiro atoms. The number of hydrogen-bond donors (Lipinski definition) is 4. The number of rotatable bonds is 9. The lowest BCUT2D eigenvalue weighted by molar-refractivity contribution is -0.149. The summed E-state index contributed by atoms with van der Waals surface area (Å²) < 4.78 is 5.07. The monoisotopic (exact) mass is 524 g/mol. The Labute approximate surface area is 217 Å². The normalized spacial score (nSPS) is 19.8. The topological polar surface area (TPSA) is 137 Å². The Kier molecular flexibility index (Phi) is 11.0. The van der Waals surface area contributed by atoms with Gasteiger partial charge in [-0.3, -0.25) is 14.4 Å². The van der Waals surface area contributed by atoms with Gasteiger partial charge in [-0.2, -0.15) is 0 Å². The van der Waals surface area contributed by atoms with Crippen molar-refractivity contribution in [2.24, 2.45) is 11.8 Å². The summed E-state index contributed by atoms with van der Waals surface area (Å²) in [7, 11) is 1.50. The van der Waals surface area contributed by atoms with Gasteiger partial charge in [0.15, 0.2) is 0 Å². The van der Waals surface area contributed by atoms with E-state index >= 15 is 0 Å². The number of carbonyl (C=O) groups excluding carboxylic acids is 3. The highest BCUT2D eigenvalue weighted by Gasteiger charge is 2.39. The maximum absolute atomic E-state index is 13.0. The fraction of sp³-hybridized carbons (Fsp3) is 0.600. The molecule has 200 valence electrons. The van der Waals surface area contributed by atoms with Crippen molar-refractivity contribution in [3.05, 3.63) is 29.8 Å². The molecule has 36 heavy (non-hydrogen) atoms. The first kappa shape index (κ1) is 29.4. The van der Waals surface area contributed by atoms with Crippen LogP contribution in [0.2, 0.25) is 0 Å². The molecule has 3 amide bonds. The van der Waals surface area contributed by atoms with Crippen molar-refractivity contribution in [3.63, 3.8) is 0 Å². The molecule has 0 saturated carbocycles. The first-order chi connectivity index (χ1) is 16.7. The molecule has 0 unspecified atom stereocenters. The van der Waals surface area contributed by atoms with Gasteiger partial charge in [0.05, 0.1) is 13.0 Å². The van der Waals surface area contributed by atoms with Gasteiger partial charge in [0.2, 0.25) is 17.5 Å². The number of nitrogens with one attached hydrogen (secondary N) is 3. The molecule has 0 radical (unpaired) electrons. The van der Waals surface area contributed by atoms with Gasteiger partial charge in [-0.15, -0.1) is 12.4 Å². The van der Waals surface area contributed by atoms with Gasteiger partial charge in [-0.25, -0.2) is 4.79 Å². The van der Waals surface area contributed by atoms with E-state index in [1.54, 1.807) is 17.0 Å². The van der Waals surface area contributed by atoms with E-state index in [1.165, 1.54) is 26.2 Å². The second kappa shape index (κ2) is 13.5. The summed E-state index contributed by atoms with van der Waals surface area (Å²) >= 11 is 0. The van der Waals surface area contributed by atoms with Gasteiger partial charge in [0, 0.05) is 25.1 Å². The first-order valence-electron chi connectivity index (χ1n) is 12.2. The molecule has 2 atom stereocenters. The number of methoxy groups -OCH3 is 1. The second-order valence-corrected chi connectivity index (χ2v) is 9.51. The summed E-state index contributed by atoms with van der Waals surface area (Å²) in [4.78, 5) is 52.1. The number of carboxylic acid groups (broad SMARTS) is 1. The van der Waals surface area contributed by atoms with Crippen molar-refractivity contribution in [1.82, 2.24) is 20.9 Å². The van der Waals surface area contributed by atoms with Crippen LogP contribution in [0.4, 0.5) is 0 Å². The molecule has 4 N–H and O–H groups in total. The molecule has 10 nitrogen and oxygen atoms in total. The van der Waals surface area contributed by atoms with Gasteiger partial charge in [-0.05, 0) is 82.3 Å². The third-order valence-electron chi connectivity index (χ3n) is 6.89. The molecule has 2 aliphatic heterocycles. The number of carboxylic acids is 1. The molecule has 1 aromatic carbocycles. The predicted octanol–water partition coefficient (Wildman–Crippen LogP) is 1.78. The van der Waals surface area contributed by atoms with E-state index in [0.29, 0.717) is 37.5 Å². The number of aliphatic carboxylic acids is 1. The van der Waals surface area contributed by atoms with E-state index in [1.807, 2.05) is 0 Å². The largest absolute Gasteiger partial charge is 0.497 e. The van der Waals surface area contributed by atoms with Crippen LogP contribution in [0.5, 0.6) is 5.75 Å². The first-order valence-corrected chi connectivity index (χ1v) is 12.2. The maximum Gasteiger partial charge on any atom is 0.350 e. The van der Waals surface area contributed by atoms with Crippen LogP contribution < -0.4 is 20.7 Å². The number of piperidine rings is 2. The summed E-state index contributed by atoms with van der Waals surface area (Å²) in [5.74, 6) is -1.92. The van der Waals surface area contributed by atoms with Crippen molar-refractivity contribution < 1.29 is 29.0 Å². The van der Waals surface area contributed by atoms with E-state index in [0.717, 1.165) is 32.4 Å². The number of benzene rings is 1. The molecular weight excluding hydrogens is 488 g/mol. The van der Waals surface area contributed by atoms with Crippen LogP contribution in [0.1, 0.15) is 55.8 Å². The number of ether oxygens (including phenoxy) is 1. The highest BCUT2D eigenvalue weighted by Crippen LogP contribution is 2.22. The molecule has 2 saturated heterocycles. The van der Waals surface area contributed by atoms with Crippen molar-refractivity contribution in [2.75, 3.05) is 33.3 Å². The predicted molar refractivity (Wildman–Crippen MR) is 136 cm³/mol. The summed E-state index contributed by atoms with van der Waals surface area (Å²) in [6, 6.07) is 6.19. The highest BCUT2D eigenvalue weighted by atomic mass is 35.5. The number of nitrogens with zero attached hydrogens (tertiary/aromatic N) is 1. The molecule has 11 heteroatoms. The summed E-state index contributed by atoms with van der Waals surface area (Å²) in [5, 5.41) is 18.0. The van der Waals surface area contributed by atoms with Crippen LogP contribution in [-0.4, -0.2) is 72.6 Å². The minimum Gasteiger partial charge on any atom is -0.497 e. The molecule has 2 heterocycles. The van der Waals surface area contributed by atoms with Gasteiger partial charge in [-0.1, -0.05) is 0 Å². The van der Waals surface area contributed by atoms with Gasteiger partial charge in [0.25, 0.3) is 5.91 Å². The Morgan fingerprint density at radius 1 is 1.11 bits per heavy atom. The second-order valence-electron chi connectivity index (χ2n) is 9.51. The van der Waals surface area contributed by atoms with E-state index in [2.05, 4.69) is 16.0 Å². The molecule has 0 aliphatic carbocycles. The Balaban J connectivity index is 0.00000456. The Morgan fingerprint density at radius 3 is 2.39 bits per heavy atom. The standard InChI is InChI=1S/C25H36N4O6.ClH/c1-25(24(33)34,27-22(31)18-6-8-20(35-2)9-7-18)28-23(32)19-4-3-15-29(16-19)21(30)10-5-17-11-13-26-14-12-17;/h6-9,17,19,26H,3-5,10-16H2,1-2H3,(H,27,31)(H,28,32)(H,33,34);1H/t19-,25+;/m1./s1. The minimum absolute atomic E-state index is 0. The average Bonchev–Trinajstić information content (AvgIpc) is 2.87. The van der Waals surface area contributed by atoms with E-state index in [-0.39, 0.29) is 30.4 Å². The lowest BCUT2D eigenvalue weighted by Gasteiger charge is -2.35. The quantitative estimate of drug-likeness (QED) is 0.361. The molecule has 2 fully saturated rings. The minimum atomic E-state index is -2.00. The van der Waals surface area contributed by atoms with Gasteiger partial charge >= 0.3 is 5.97 Å². The van der Waals surface area contributed by atoms with E-state index in [9.17, 15) is 24.3 Å². The number of carbonyl (C=O) groups is 4. The Morgan fingerprint density at radius 2 is 1.78 bits per heavy atom. The SMILES string of the molecule is COc1ccc(C(=O)N[C@@](C)(NC(=O)[C@@H]2CCCN(C(=O)CCC3CCNCC3)C2)C(=O)O)cc1.Cl. The van der Waals surface area contributed by atoms with Gasteiger partial charge in [0.1, 0.15) is 5.75 Å². The van der Waals surface area contributed by atoms with E-state index < -0.39 is 29.4 Å². The molecule has 1 aromatic rings. The summed E-state index contributed by atoms with van der Waals surface area (Å²) in [6.45, 7) is 4.06. The fourth-order valence-electron chi connectivity index (χ4n) is 4.60. The van der Waals surface area contributed by atoms with Crippen LogP contribution >= 0.6 is 12.4 Å². The maximum atomic E-state index is 13.0. The van der Waals surface area contributed by atoms with Crippen LogP contribution in [0.3, 0.4) is 0 Å². The highest BCUT2D eigenvalue weighted by molar-refractivity contribution is 5.99. The lowest BCUT2D eigenvalue weighted by atomic mass is 9.92. The zero-order chi connectivity index (χ0) is 25.4. The van der Waals surface area contributed by atoms with Crippen molar-refractivity contribution in [1.29, 1.82) is 0 Å². The number of amides is 3. The molecular formula is C25H37ClN4O6. The smallest absolute Gasteiger partial charge is 0.350 e. The number of hydrogen-bond acceptors (Lipinski definition) is 6. The molecule has 3 rings (SSSR count). The van der Waals surface area contributed by atoms with Crippen LogP contribution in [0.15, 0.2) is 24.3 Å². The zero-order valence-corrected chi connectivity index (χ0v) is 21.7. The average molecular weight is 525 g/mol. The number of halogens is 1. The third kappa shape index (κ3) is 7.83. The number of likely N-dealkylation sites (tertiary alicyclic amines) is 1. The summed E-state index contributed by atoms with van der Waals surface area (Å²) in [6.07, 6.45) is 4.68. The van der Waals surface area contributed by atoms with Gasteiger partial charge < -0.3 is 30.7 Å². The molecule has 0 bridgehead atoms. The fourth-order valence-corrected chi connectivity index (χ4v) is 4.60. The third-order valence-corrected chi connectivity index (χ3v) is 6.89. The lowest BCUT2D eigenvalue weighted by Crippen LogP contribution is -2.65. The Bertz CT molecular complexity index is 922. The van der Waals surface area contributed by atoms with Crippen molar-refractivity contribution in [2.45, 2.75) is 51.1 Å². The molecule has 0 aromatic heterocycles. The zero-order valence-electron chi connectivity index (χ0n) is 20.9. The van der Waals surface area contributed by atoms with Crippen molar-refractivity contribution >= 4 is 36.1 Å². The van der Waals surface area contributed by atoms with Crippen LogP contribution in [0, 0.1) is 11.8 Å². The molecule has 2 aliphatic rings. The Hall–Kier alpha value is -2.85. The van der Waals surface area contributed by atoms with Crippen LogP contribution in [0.25, 0.3) is 0 Å².